The van der Waals surface area contributed by atoms with E-state index in [-0.39, 0.29) is 23.8 Å². The van der Waals surface area contributed by atoms with E-state index in [1.54, 1.807) is 43.5 Å². The number of aryl methyl sites for hydroxylation is 1. The van der Waals surface area contributed by atoms with Gasteiger partial charge in [-0.2, -0.15) is 13.2 Å². The van der Waals surface area contributed by atoms with E-state index in [2.05, 4.69) is 20.3 Å². The van der Waals surface area contributed by atoms with Crippen molar-refractivity contribution in [3.05, 3.63) is 88.9 Å². The molecule has 4 aromatic rings. The number of fused-ring (bicyclic) bond motifs is 1. The van der Waals surface area contributed by atoms with Crippen LogP contribution in [0.2, 0.25) is 0 Å². The lowest BCUT2D eigenvalue weighted by Gasteiger charge is -2.22. The number of aromatic nitrogens is 3. The maximum atomic E-state index is 13.0. The van der Waals surface area contributed by atoms with Gasteiger partial charge in [0.25, 0.3) is 0 Å². The molecule has 164 valence electrons. The number of phenols is 1. The van der Waals surface area contributed by atoms with Crippen LogP contribution >= 0.6 is 0 Å². The molecule has 0 radical (unpaired) electrons. The van der Waals surface area contributed by atoms with Crippen molar-refractivity contribution in [3.8, 4) is 5.75 Å². The van der Waals surface area contributed by atoms with Gasteiger partial charge in [0, 0.05) is 22.8 Å². The zero-order chi connectivity index (χ0) is 22.9. The Kier molecular flexibility index (Phi) is 5.67. The van der Waals surface area contributed by atoms with Crippen molar-refractivity contribution in [1.82, 2.24) is 15.0 Å². The molecule has 3 N–H and O–H groups in total. The molecule has 0 aliphatic heterocycles. The Morgan fingerprint density at radius 2 is 1.69 bits per heavy atom. The third-order valence-corrected chi connectivity index (χ3v) is 5.04. The normalized spacial score (nSPS) is 12.7. The Morgan fingerprint density at radius 3 is 2.34 bits per heavy atom. The molecule has 2 aromatic carbocycles. The molecule has 0 unspecified atom stereocenters. The number of nitrogens with one attached hydrogen (secondary N) is 1. The van der Waals surface area contributed by atoms with Crippen LogP contribution < -0.4 is 5.32 Å². The summed E-state index contributed by atoms with van der Waals surface area (Å²) in [5, 5.41) is 24.2. The molecular formula is C23H19F3N4O2. The van der Waals surface area contributed by atoms with Gasteiger partial charge in [0.05, 0.1) is 23.9 Å². The molecule has 0 amide bonds. The summed E-state index contributed by atoms with van der Waals surface area (Å²) in [6.45, 7) is 1.49. The Morgan fingerprint density at radius 1 is 0.969 bits per heavy atom. The average Bonchev–Trinajstić information content (AvgIpc) is 2.77. The van der Waals surface area contributed by atoms with Crippen LogP contribution in [0, 0.1) is 6.92 Å². The highest BCUT2D eigenvalue weighted by molar-refractivity contribution is 5.86. The average molecular weight is 440 g/mol. The number of anilines is 1. The van der Waals surface area contributed by atoms with E-state index in [1.165, 1.54) is 12.1 Å². The number of pyridine rings is 1. The van der Waals surface area contributed by atoms with Crippen molar-refractivity contribution in [2.75, 3.05) is 5.32 Å². The molecule has 0 saturated carbocycles. The van der Waals surface area contributed by atoms with Crippen LogP contribution in [0.5, 0.6) is 5.75 Å². The highest BCUT2D eigenvalue weighted by atomic mass is 19.4. The van der Waals surface area contributed by atoms with E-state index in [1.807, 2.05) is 0 Å². The quantitative estimate of drug-likeness (QED) is 0.415. The minimum absolute atomic E-state index is 0.150. The summed E-state index contributed by atoms with van der Waals surface area (Å²) in [5.74, 6) is 0.106. The fourth-order valence-electron chi connectivity index (χ4n) is 3.40. The van der Waals surface area contributed by atoms with Gasteiger partial charge in [0.15, 0.2) is 0 Å². The van der Waals surface area contributed by atoms with E-state index in [0.29, 0.717) is 27.9 Å². The molecule has 9 heteroatoms. The number of aliphatic hydroxyl groups is 1. The van der Waals surface area contributed by atoms with Gasteiger partial charge in [-0.25, -0.2) is 15.0 Å². The second-order valence-electron chi connectivity index (χ2n) is 7.25. The molecule has 4 rings (SSSR count). The van der Waals surface area contributed by atoms with E-state index >= 15 is 0 Å². The first-order valence-electron chi connectivity index (χ1n) is 9.72. The number of phenolic OH excluding ortho intramolecular Hbond substituents is 1. The predicted molar refractivity (Wildman–Crippen MR) is 113 cm³/mol. The molecule has 1 atom stereocenters. The molecule has 2 aromatic heterocycles. The van der Waals surface area contributed by atoms with Crippen molar-refractivity contribution in [3.63, 3.8) is 0 Å². The van der Waals surface area contributed by atoms with Gasteiger partial charge in [-0.15, -0.1) is 0 Å². The standard InChI is InChI=1S/C23H19F3N4O2/c1-13-10-11-27-22(28-13)30-19(14-2-6-16(7-3-14)23(24,25)26)18-9-5-15-4-8-17(12-31)29-20(15)21(18)32/h2-11,19,31-32H,12H2,1H3,(H,27,28,30)/t19-/m0/s1. The summed E-state index contributed by atoms with van der Waals surface area (Å²) in [6, 6.07) is 12.4. The molecule has 0 aliphatic carbocycles. The van der Waals surface area contributed by atoms with Crippen molar-refractivity contribution in [1.29, 1.82) is 0 Å². The monoisotopic (exact) mass is 440 g/mol. The van der Waals surface area contributed by atoms with Crippen molar-refractivity contribution < 1.29 is 23.4 Å². The van der Waals surface area contributed by atoms with Gasteiger partial charge < -0.3 is 15.5 Å². The van der Waals surface area contributed by atoms with Crippen LogP contribution in [0.25, 0.3) is 10.9 Å². The third-order valence-electron chi connectivity index (χ3n) is 5.04. The number of benzene rings is 2. The van der Waals surface area contributed by atoms with Crippen molar-refractivity contribution in [2.24, 2.45) is 0 Å². The topological polar surface area (TPSA) is 91.2 Å². The highest BCUT2D eigenvalue weighted by Gasteiger charge is 2.30. The minimum Gasteiger partial charge on any atom is -0.505 e. The number of aromatic hydroxyl groups is 1. The summed E-state index contributed by atoms with van der Waals surface area (Å²) >= 11 is 0. The van der Waals surface area contributed by atoms with Gasteiger partial charge in [0.1, 0.15) is 11.3 Å². The molecule has 0 saturated heterocycles. The first kappa shape index (κ1) is 21.5. The Hall–Kier alpha value is -3.72. The largest absolute Gasteiger partial charge is 0.505 e. The van der Waals surface area contributed by atoms with E-state index in [9.17, 15) is 23.4 Å². The lowest BCUT2D eigenvalue weighted by molar-refractivity contribution is -0.137. The summed E-state index contributed by atoms with van der Waals surface area (Å²) < 4.78 is 39.1. The Balaban J connectivity index is 1.84. The number of rotatable bonds is 5. The maximum absolute atomic E-state index is 13.0. The molecular weight excluding hydrogens is 421 g/mol. The van der Waals surface area contributed by atoms with E-state index < -0.39 is 17.8 Å². The summed E-state index contributed by atoms with van der Waals surface area (Å²) in [4.78, 5) is 12.8. The second kappa shape index (κ2) is 8.43. The van der Waals surface area contributed by atoms with Crippen molar-refractivity contribution in [2.45, 2.75) is 25.7 Å². The molecule has 2 heterocycles. The number of alkyl halides is 3. The number of hydrogen-bond acceptors (Lipinski definition) is 6. The number of halogens is 3. The summed E-state index contributed by atoms with van der Waals surface area (Å²) in [5.41, 5.74) is 1.43. The highest BCUT2D eigenvalue weighted by Crippen LogP contribution is 2.37. The lowest BCUT2D eigenvalue weighted by Crippen LogP contribution is -2.15. The van der Waals surface area contributed by atoms with Crippen LogP contribution in [0.15, 0.2) is 60.8 Å². The number of hydrogen-bond donors (Lipinski definition) is 3. The third kappa shape index (κ3) is 4.33. The molecule has 6 nitrogen and oxygen atoms in total. The zero-order valence-corrected chi connectivity index (χ0v) is 16.9. The van der Waals surface area contributed by atoms with Gasteiger partial charge in [0.2, 0.25) is 5.95 Å². The fraction of sp³-hybridized carbons (Fsp3) is 0.174. The SMILES string of the molecule is Cc1ccnc(N[C@@H](c2ccc(C(F)(F)F)cc2)c2ccc3ccc(CO)nc3c2O)n1. The smallest absolute Gasteiger partial charge is 0.416 e. The first-order valence-corrected chi connectivity index (χ1v) is 9.72. The van der Waals surface area contributed by atoms with Crippen LogP contribution in [0.1, 0.15) is 34.1 Å². The zero-order valence-electron chi connectivity index (χ0n) is 16.9. The van der Waals surface area contributed by atoms with Gasteiger partial charge in [-0.1, -0.05) is 30.3 Å². The van der Waals surface area contributed by atoms with Crippen LogP contribution in [0.3, 0.4) is 0 Å². The lowest BCUT2D eigenvalue weighted by atomic mass is 9.95. The van der Waals surface area contributed by atoms with Crippen LogP contribution in [-0.4, -0.2) is 25.2 Å². The summed E-state index contributed by atoms with van der Waals surface area (Å²) in [6.07, 6.45) is -2.90. The molecule has 0 bridgehead atoms. The number of nitrogens with zero attached hydrogens (tertiary/aromatic N) is 3. The van der Waals surface area contributed by atoms with Gasteiger partial charge >= 0.3 is 6.18 Å². The van der Waals surface area contributed by atoms with Crippen LogP contribution in [-0.2, 0) is 12.8 Å². The van der Waals surface area contributed by atoms with Gasteiger partial charge in [-0.05, 0) is 36.8 Å². The summed E-state index contributed by atoms with van der Waals surface area (Å²) in [7, 11) is 0. The molecule has 32 heavy (non-hydrogen) atoms. The molecule has 0 fully saturated rings. The maximum Gasteiger partial charge on any atom is 0.416 e. The number of aliphatic hydroxyl groups excluding tert-OH is 1. The minimum atomic E-state index is -4.46. The second-order valence-corrected chi connectivity index (χ2v) is 7.25. The Labute approximate surface area is 181 Å². The van der Waals surface area contributed by atoms with E-state index in [0.717, 1.165) is 12.1 Å². The Bertz CT molecular complexity index is 1260. The molecule has 0 spiro atoms. The van der Waals surface area contributed by atoms with Gasteiger partial charge in [-0.3, -0.25) is 0 Å². The molecule has 0 aliphatic rings. The van der Waals surface area contributed by atoms with Crippen molar-refractivity contribution >= 4 is 16.9 Å². The predicted octanol–water partition coefficient (Wildman–Crippen LogP) is 4.75. The first-order chi connectivity index (χ1) is 15.3. The van der Waals surface area contributed by atoms with Crippen LogP contribution in [0.4, 0.5) is 19.1 Å². The van der Waals surface area contributed by atoms with E-state index in [4.69, 9.17) is 0 Å². The fourth-order valence-corrected chi connectivity index (χ4v) is 3.40.